The molecule has 6 rings (SSSR count). The third kappa shape index (κ3) is 2.21. The molecule has 0 aliphatic heterocycles. The molecule has 0 spiro atoms. The van der Waals surface area contributed by atoms with E-state index in [1.807, 2.05) is 0 Å². The zero-order chi connectivity index (χ0) is 18.5. The topological polar surface area (TPSA) is 8.82 Å². The number of fused-ring (bicyclic) bond motifs is 6. The third-order valence-electron chi connectivity index (χ3n) is 5.52. The standard InChI is InChI=1S/C26H18N2/c1-3-9-19(10-4-1)21-15-25-26-16-22(20-11-5-2-6-12-20)18-28(26)24-14-8-7-13-23(24)27(25)17-21/h1-18H. The third-order valence-corrected chi connectivity index (χ3v) is 5.52. The molecule has 0 aliphatic rings. The number of rotatable bonds is 2. The Balaban J connectivity index is 1.73. The summed E-state index contributed by atoms with van der Waals surface area (Å²) in [7, 11) is 0. The van der Waals surface area contributed by atoms with E-state index in [1.165, 1.54) is 44.3 Å². The number of nitrogens with zero attached hydrogens (tertiary/aromatic N) is 2. The number of hydrogen-bond acceptors (Lipinski definition) is 0. The molecule has 0 amide bonds. The summed E-state index contributed by atoms with van der Waals surface area (Å²) in [6, 6.07) is 34.4. The predicted molar refractivity (Wildman–Crippen MR) is 117 cm³/mol. The molecule has 0 radical (unpaired) electrons. The van der Waals surface area contributed by atoms with Crippen molar-refractivity contribution in [2.45, 2.75) is 0 Å². The van der Waals surface area contributed by atoms with Gasteiger partial charge in [0.1, 0.15) is 0 Å². The van der Waals surface area contributed by atoms with Gasteiger partial charge >= 0.3 is 0 Å². The number of aromatic nitrogens is 2. The molecule has 0 N–H and O–H groups in total. The molecule has 2 heteroatoms. The van der Waals surface area contributed by atoms with Crippen LogP contribution in [0.2, 0.25) is 0 Å². The van der Waals surface area contributed by atoms with Crippen molar-refractivity contribution in [3.63, 3.8) is 0 Å². The normalized spacial score (nSPS) is 11.6. The number of hydrogen-bond donors (Lipinski definition) is 0. The molecule has 0 saturated heterocycles. The van der Waals surface area contributed by atoms with Gasteiger partial charge in [-0.2, -0.15) is 0 Å². The highest BCUT2D eigenvalue weighted by Crippen LogP contribution is 2.32. The van der Waals surface area contributed by atoms with E-state index >= 15 is 0 Å². The maximum atomic E-state index is 2.32. The minimum atomic E-state index is 1.21. The number of benzene rings is 3. The summed E-state index contributed by atoms with van der Waals surface area (Å²) < 4.78 is 4.64. The maximum Gasteiger partial charge on any atom is 0.0704 e. The summed E-state index contributed by atoms with van der Waals surface area (Å²) in [5, 5.41) is 0. The van der Waals surface area contributed by atoms with Crippen LogP contribution in [0.1, 0.15) is 0 Å². The van der Waals surface area contributed by atoms with E-state index in [-0.39, 0.29) is 0 Å². The van der Waals surface area contributed by atoms with Crippen LogP contribution in [0.3, 0.4) is 0 Å². The lowest BCUT2D eigenvalue weighted by atomic mass is 10.1. The van der Waals surface area contributed by atoms with Gasteiger partial charge in [-0.25, -0.2) is 0 Å². The van der Waals surface area contributed by atoms with Gasteiger partial charge in [-0.1, -0.05) is 72.8 Å². The fourth-order valence-corrected chi connectivity index (χ4v) is 4.17. The minimum absolute atomic E-state index is 1.21. The van der Waals surface area contributed by atoms with Crippen LogP contribution in [0.5, 0.6) is 0 Å². The molecule has 3 aromatic carbocycles. The van der Waals surface area contributed by atoms with E-state index in [2.05, 4.69) is 118 Å². The molecular weight excluding hydrogens is 340 g/mol. The molecule has 132 valence electrons. The molecule has 0 unspecified atom stereocenters. The van der Waals surface area contributed by atoms with Gasteiger partial charge in [0, 0.05) is 23.5 Å². The second-order valence-corrected chi connectivity index (χ2v) is 7.19. The highest BCUT2D eigenvalue weighted by atomic mass is 15.0. The Labute approximate surface area is 162 Å². The predicted octanol–water partition coefficient (Wildman–Crippen LogP) is 6.68. The molecule has 3 heterocycles. The monoisotopic (exact) mass is 358 g/mol. The summed E-state index contributed by atoms with van der Waals surface area (Å²) in [6.07, 6.45) is 4.50. The average molecular weight is 358 g/mol. The summed E-state index contributed by atoms with van der Waals surface area (Å²) in [6.45, 7) is 0. The molecule has 2 nitrogen and oxygen atoms in total. The Bertz CT molecular complexity index is 1330. The maximum absolute atomic E-state index is 2.32. The van der Waals surface area contributed by atoms with E-state index in [9.17, 15) is 0 Å². The summed E-state index contributed by atoms with van der Waals surface area (Å²) in [5.74, 6) is 0. The Morgan fingerprint density at radius 2 is 0.750 bits per heavy atom. The van der Waals surface area contributed by atoms with Gasteiger partial charge in [0.25, 0.3) is 0 Å². The average Bonchev–Trinajstić information content (AvgIpc) is 3.40. The van der Waals surface area contributed by atoms with Crippen molar-refractivity contribution in [3.05, 3.63) is 109 Å². The van der Waals surface area contributed by atoms with Crippen molar-refractivity contribution in [1.82, 2.24) is 8.80 Å². The van der Waals surface area contributed by atoms with Crippen LogP contribution in [0.25, 0.3) is 44.3 Å². The first kappa shape index (κ1) is 15.3. The second-order valence-electron chi connectivity index (χ2n) is 7.19. The molecule has 0 fully saturated rings. The van der Waals surface area contributed by atoms with Crippen LogP contribution in [0, 0.1) is 0 Å². The van der Waals surface area contributed by atoms with Crippen LogP contribution in [0.15, 0.2) is 109 Å². The van der Waals surface area contributed by atoms with E-state index in [0.717, 1.165) is 0 Å². The number of para-hydroxylation sites is 2. The molecule has 6 aromatic rings. The van der Waals surface area contributed by atoms with Crippen LogP contribution in [0.4, 0.5) is 0 Å². The zero-order valence-corrected chi connectivity index (χ0v) is 15.3. The first-order valence-electron chi connectivity index (χ1n) is 9.54. The van der Waals surface area contributed by atoms with Crippen molar-refractivity contribution in [1.29, 1.82) is 0 Å². The Kier molecular flexibility index (Phi) is 3.20. The van der Waals surface area contributed by atoms with Gasteiger partial charge in [-0.15, -0.1) is 0 Å². The lowest BCUT2D eigenvalue weighted by Crippen LogP contribution is -1.93. The van der Waals surface area contributed by atoms with Crippen LogP contribution < -0.4 is 0 Å². The highest BCUT2D eigenvalue weighted by molar-refractivity contribution is 5.94. The van der Waals surface area contributed by atoms with Crippen molar-refractivity contribution < 1.29 is 0 Å². The molecule has 0 saturated carbocycles. The van der Waals surface area contributed by atoms with Crippen molar-refractivity contribution in [2.24, 2.45) is 0 Å². The minimum Gasteiger partial charge on any atom is -0.312 e. The SMILES string of the molecule is c1ccc(-c2cc3c4cc(-c5ccccc5)cn4c4ccccc4n3c2)cc1. The largest absolute Gasteiger partial charge is 0.312 e. The second kappa shape index (κ2) is 5.86. The smallest absolute Gasteiger partial charge is 0.0704 e. The van der Waals surface area contributed by atoms with Crippen molar-refractivity contribution in [2.75, 3.05) is 0 Å². The fourth-order valence-electron chi connectivity index (χ4n) is 4.17. The molecule has 3 aromatic heterocycles. The molecular formula is C26H18N2. The Morgan fingerprint density at radius 1 is 0.357 bits per heavy atom. The van der Waals surface area contributed by atoms with Gasteiger partial charge in [0.15, 0.2) is 0 Å². The van der Waals surface area contributed by atoms with Gasteiger partial charge in [-0.3, -0.25) is 0 Å². The van der Waals surface area contributed by atoms with Crippen LogP contribution in [-0.4, -0.2) is 8.80 Å². The van der Waals surface area contributed by atoms with Crippen molar-refractivity contribution >= 4 is 22.1 Å². The van der Waals surface area contributed by atoms with Gasteiger partial charge < -0.3 is 8.80 Å². The lowest BCUT2D eigenvalue weighted by Gasteiger charge is -2.07. The molecule has 28 heavy (non-hydrogen) atoms. The lowest BCUT2D eigenvalue weighted by molar-refractivity contribution is 1.20. The molecule has 0 aliphatic carbocycles. The van der Waals surface area contributed by atoms with E-state index in [1.54, 1.807) is 0 Å². The van der Waals surface area contributed by atoms with E-state index < -0.39 is 0 Å². The summed E-state index contributed by atoms with van der Waals surface area (Å²) in [5.41, 5.74) is 9.82. The first-order chi connectivity index (χ1) is 13.9. The zero-order valence-electron chi connectivity index (χ0n) is 15.3. The van der Waals surface area contributed by atoms with E-state index in [4.69, 9.17) is 0 Å². The Hall–Kier alpha value is -3.78. The molecule has 0 bridgehead atoms. The van der Waals surface area contributed by atoms with Gasteiger partial charge in [0.2, 0.25) is 0 Å². The van der Waals surface area contributed by atoms with Gasteiger partial charge in [-0.05, 0) is 35.4 Å². The Morgan fingerprint density at radius 3 is 1.18 bits per heavy atom. The fraction of sp³-hybridized carbons (Fsp3) is 0. The highest BCUT2D eigenvalue weighted by Gasteiger charge is 2.13. The summed E-state index contributed by atoms with van der Waals surface area (Å²) in [4.78, 5) is 0. The first-order valence-corrected chi connectivity index (χ1v) is 9.54. The van der Waals surface area contributed by atoms with Crippen LogP contribution in [-0.2, 0) is 0 Å². The quantitative estimate of drug-likeness (QED) is 0.326. The van der Waals surface area contributed by atoms with Crippen molar-refractivity contribution in [3.8, 4) is 22.3 Å². The molecule has 0 atom stereocenters. The van der Waals surface area contributed by atoms with Crippen LogP contribution >= 0.6 is 0 Å². The van der Waals surface area contributed by atoms with Gasteiger partial charge in [0.05, 0.1) is 22.1 Å². The van der Waals surface area contributed by atoms with E-state index in [0.29, 0.717) is 0 Å². The summed E-state index contributed by atoms with van der Waals surface area (Å²) >= 11 is 0.